The van der Waals surface area contributed by atoms with E-state index in [0.29, 0.717) is 19.4 Å². The summed E-state index contributed by atoms with van der Waals surface area (Å²) in [4.78, 5) is 0. The first-order valence-electron chi connectivity index (χ1n) is 4.93. The van der Waals surface area contributed by atoms with Crippen LogP contribution in [0.1, 0.15) is 32.6 Å². The van der Waals surface area contributed by atoms with Gasteiger partial charge in [-0.2, -0.15) is 0 Å². The first-order chi connectivity index (χ1) is 6.11. The van der Waals surface area contributed by atoms with Crippen LogP contribution in [0.25, 0.3) is 0 Å². The third-order valence-electron chi connectivity index (χ3n) is 2.26. The molecule has 4 nitrogen and oxygen atoms in total. The highest BCUT2D eigenvalue weighted by atomic mass is 16.3. The molecule has 0 bridgehead atoms. The van der Waals surface area contributed by atoms with Crippen molar-refractivity contribution in [3.05, 3.63) is 0 Å². The second-order valence-electron chi connectivity index (χ2n) is 3.46. The van der Waals surface area contributed by atoms with E-state index in [9.17, 15) is 5.11 Å². The van der Waals surface area contributed by atoms with E-state index in [-0.39, 0.29) is 6.04 Å². The van der Waals surface area contributed by atoms with E-state index < -0.39 is 12.2 Å². The molecule has 80 valence electrons. The highest BCUT2D eigenvalue weighted by Gasteiger charge is 2.12. The molecule has 0 rings (SSSR count). The molecule has 0 radical (unpaired) electrons. The zero-order valence-electron chi connectivity index (χ0n) is 8.32. The van der Waals surface area contributed by atoms with Crippen molar-refractivity contribution in [2.45, 2.75) is 50.9 Å². The molecule has 13 heavy (non-hydrogen) atoms. The normalized spacial score (nSPS) is 18.2. The Morgan fingerprint density at radius 3 is 2.31 bits per heavy atom. The van der Waals surface area contributed by atoms with Gasteiger partial charge in [-0.25, -0.2) is 0 Å². The maximum atomic E-state index is 9.34. The van der Waals surface area contributed by atoms with Crippen LogP contribution in [0, 0.1) is 0 Å². The van der Waals surface area contributed by atoms with Crippen molar-refractivity contribution in [1.29, 1.82) is 0 Å². The maximum Gasteiger partial charge on any atom is 0.0688 e. The molecule has 0 aromatic carbocycles. The van der Waals surface area contributed by atoms with Gasteiger partial charge in [0.1, 0.15) is 0 Å². The minimum Gasteiger partial charge on any atom is -0.392 e. The van der Waals surface area contributed by atoms with Gasteiger partial charge in [-0.15, -0.1) is 0 Å². The number of aliphatic hydroxyl groups is 2. The lowest BCUT2D eigenvalue weighted by Gasteiger charge is -2.17. The van der Waals surface area contributed by atoms with Gasteiger partial charge < -0.3 is 21.7 Å². The van der Waals surface area contributed by atoms with Crippen LogP contribution in [0.5, 0.6) is 0 Å². The minimum atomic E-state index is -0.425. The first-order valence-corrected chi connectivity index (χ1v) is 4.93. The molecule has 0 aromatic rings. The van der Waals surface area contributed by atoms with Crippen molar-refractivity contribution in [2.24, 2.45) is 11.5 Å². The molecule has 0 aliphatic heterocycles. The fourth-order valence-electron chi connectivity index (χ4n) is 1.20. The Morgan fingerprint density at radius 2 is 1.85 bits per heavy atom. The molecule has 3 atom stereocenters. The molecule has 0 aliphatic carbocycles. The Kier molecular flexibility index (Phi) is 7.17. The van der Waals surface area contributed by atoms with Crippen LogP contribution in [-0.2, 0) is 0 Å². The van der Waals surface area contributed by atoms with Gasteiger partial charge in [0.15, 0.2) is 0 Å². The van der Waals surface area contributed by atoms with E-state index >= 15 is 0 Å². The van der Waals surface area contributed by atoms with Gasteiger partial charge in [0, 0.05) is 12.6 Å². The molecular formula is C9H22N2O2. The molecule has 0 saturated carbocycles. The molecule has 3 unspecified atom stereocenters. The third-order valence-corrected chi connectivity index (χ3v) is 2.26. The fourth-order valence-corrected chi connectivity index (χ4v) is 1.20. The van der Waals surface area contributed by atoms with Crippen LogP contribution >= 0.6 is 0 Å². The monoisotopic (exact) mass is 190 g/mol. The van der Waals surface area contributed by atoms with Gasteiger partial charge >= 0.3 is 0 Å². The Labute approximate surface area is 79.9 Å². The summed E-state index contributed by atoms with van der Waals surface area (Å²) in [5.41, 5.74) is 10.9. The Morgan fingerprint density at radius 1 is 1.23 bits per heavy atom. The molecule has 6 N–H and O–H groups in total. The van der Waals surface area contributed by atoms with Crippen molar-refractivity contribution in [3.8, 4) is 0 Å². The van der Waals surface area contributed by atoms with E-state index in [1.54, 1.807) is 0 Å². The van der Waals surface area contributed by atoms with Gasteiger partial charge in [-0.3, -0.25) is 0 Å². The number of rotatable bonds is 7. The van der Waals surface area contributed by atoms with Crippen molar-refractivity contribution in [2.75, 3.05) is 6.54 Å². The SMILES string of the molecule is CCC(O)C(N)CCCC(O)CN. The van der Waals surface area contributed by atoms with Crippen molar-refractivity contribution in [1.82, 2.24) is 0 Å². The number of hydrogen-bond acceptors (Lipinski definition) is 4. The number of hydrogen-bond donors (Lipinski definition) is 4. The molecule has 0 amide bonds. The van der Waals surface area contributed by atoms with E-state index in [2.05, 4.69) is 0 Å². The molecule has 0 heterocycles. The fraction of sp³-hybridized carbons (Fsp3) is 1.00. The first kappa shape index (κ1) is 12.8. The lowest BCUT2D eigenvalue weighted by atomic mass is 10.0. The van der Waals surface area contributed by atoms with Crippen LogP contribution in [0.3, 0.4) is 0 Å². The maximum absolute atomic E-state index is 9.34. The summed E-state index contributed by atoms with van der Waals surface area (Å²) in [6.07, 6.45) is 2.06. The zero-order valence-corrected chi connectivity index (χ0v) is 8.32. The summed E-state index contributed by atoms with van der Waals surface area (Å²) in [6.45, 7) is 2.20. The van der Waals surface area contributed by atoms with E-state index in [4.69, 9.17) is 16.6 Å². The summed E-state index contributed by atoms with van der Waals surface area (Å²) in [7, 11) is 0. The summed E-state index contributed by atoms with van der Waals surface area (Å²) in [5, 5.41) is 18.5. The average molecular weight is 190 g/mol. The second-order valence-corrected chi connectivity index (χ2v) is 3.46. The van der Waals surface area contributed by atoms with Crippen LogP contribution < -0.4 is 11.5 Å². The molecule has 0 aromatic heterocycles. The van der Waals surface area contributed by atoms with Crippen LogP contribution in [0.4, 0.5) is 0 Å². The molecule has 0 aliphatic rings. The zero-order chi connectivity index (χ0) is 10.3. The Bertz CT molecular complexity index is 122. The summed E-state index contributed by atoms with van der Waals surface area (Å²) >= 11 is 0. The second kappa shape index (κ2) is 7.26. The Balaban J connectivity index is 3.41. The molecular weight excluding hydrogens is 168 g/mol. The van der Waals surface area contributed by atoms with Gasteiger partial charge in [0.05, 0.1) is 12.2 Å². The minimum absolute atomic E-state index is 0.171. The van der Waals surface area contributed by atoms with E-state index in [1.807, 2.05) is 6.92 Å². The van der Waals surface area contributed by atoms with Gasteiger partial charge in [0.2, 0.25) is 0 Å². The van der Waals surface area contributed by atoms with Gasteiger partial charge in [-0.1, -0.05) is 6.92 Å². The van der Waals surface area contributed by atoms with Crippen LogP contribution in [-0.4, -0.2) is 35.0 Å². The lowest BCUT2D eigenvalue weighted by molar-refractivity contribution is 0.128. The molecule has 4 heteroatoms. The van der Waals surface area contributed by atoms with Crippen molar-refractivity contribution in [3.63, 3.8) is 0 Å². The summed E-state index contributed by atoms with van der Waals surface area (Å²) in [5.74, 6) is 0. The molecule has 0 fully saturated rings. The van der Waals surface area contributed by atoms with Gasteiger partial charge in [0.25, 0.3) is 0 Å². The topological polar surface area (TPSA) is 92.5 Å². The average Bonchev–Trinajstić information content (AvgIpc) is 2.15. The molecule has 0 spiro atoms. The van der Waals surface area contributed by atoms with Gasteiger partial charge in [-0.05, 0) is 25.7 Å². The van der Waals surface area contributed by atoms with Crippen LogP contribution in [0.2, 0.25) is 0 Å². The predicted molar refractivity (Wildman–Crippen MR) is 53.2 cm³/mol. The molecule has 0 saturated heterocycles. The van der Waals surface area contributed by atoms with E-state index in [0.717, 1.165) is 12.8 Å². The van der Waals surface area contributed by atoms with Crippen molar-refractivity contribution >= 4 is 0 Å². The number of aliphatic hydroxyl groups excluding tert-OH is 2. The predicted octanol–water partition coefficient (Wildman–Crippen LogP) is -0.425. The summed E-state index contributed by atoms with van der Waals surface area (Å²) in [6, 6.07) is -0.171. The highest BCUT2D eigenvalue weighted by molar-refractivity contribution is 4.70. The smallest absolute Gasteiger partial charge is 0.0688 e. The quantitative estimate of drug-likeness (QED) is 0.438. The third kappa shape index (κ3) is 5.99. The largest absolute Gasteiger partial charge is 0.392 e. The standard InChI is InChI=1S/C9H22N2O2/c1-2-9(13)8(11)5-3-4-7(12)6-10/h7-9,12-13H,2-6,10-11H2,1H3. The summed E-state index contributed by atoms with van der Waals surface area (Å²) < 4.78 is 0. The van der Waals surface area contributed by atoms with Crippen LogP contribution in [0.15, 0.2) is 0 Å². The Hall–Kier alpha value is -0.160. The van der Waals surface area contributed by atoms with E-state index in [1.165, 1.54) is 0 Å². The number of nitrogens with two attached hydrogens (primary N) is 2. The highest BCUT2D eigenvalue weighted by Crippen LogP contribution is 2.06. The lowest BCUT2D eigenvalue weighted by Crippen LogP contribution is -2.34. The van der Waals surface area contributed by atoms with Crippen molar-refractivity contribution < 1.29 is 10.2 Å².